The Morgan fingerprint density at radius 1 is 1.47 bits per heavy atom. The molecule has 2 aromatic rings. The second-order valence-electron chi connectivity index (χ2n) is 4.69. The standard InChI is InChI=1S/C12H14FN5S/c1-7(14)9-3-2-4-10(13)11(9)19-12-15-16-17-18(12)8-5-6-8/h2-4,7-8H,5-6,14H2,1H3/t7-/m0/s1. The first-order valence-corrected chi connectivity index (χ1v) is 6.98. The van der Waals surface area contributed by atoms with E-state index >= 15 is 0 Å². The van der Waals surface area contributed by atoms with Crippen molar-refractivity contribution in [3.63, 3.8) is 0 Å². The fourth-order valence-electron chi connectivity index (χ4n) is 1.88. The molecule has 1 heterocycles. The van der Waals surface area contributed by atoms with Crippen LogP contribution in [-0.4, -0.2) is 20.2 Å². The average molecular weight is 279 g/mol. The van der Waals surface area contributed by atoms with Gasteiger partial charge in [0.15, 0.2) is 0 Å². The molecule has 100 valence electrons. The van der Waals surface area contributed by atoms with Gasteiger partial charge in [-0.1, -0.05) is 12.1 Å². The van der Waals surface area contributed by atoms with Crippen molar-refractivity contribution >= 4 is 11.8 Å². The maximum absolute atomic E-state index is 14.0. The molecule has 1 aromatic carbocycles. The summed E-state index contributed by atoms with van der Waals surface area (Å²) in [6.07, 6.45) is 2.16. The molecule has 0 spiro atoms. The van der Waals surface area contributed by atoms with Crippen molar-refractivity contribution in [1.29, 1.82) is 0 Å². The van der Waals surface area contributed by atoms with E-state index in [0.717, 1.165) is 18.4 Å². The number of hydrogen-bond acceptors (Lipinski definition) is 5. The summed E-state index contributed by atoms with van der Waals surface area (Å²) in [6.45, 7) is 1.84. The second-order valence-corrected chi connectivity index (χ2v) is 5.66. The van der Waals surface area contributed by atoms with Crippen LogP contribution in [0.3, 0.4) is 0 Å². The van der Waals surface area contributed by atoms with E-state index < -0.39 is 0 Å². The third-order valence-corrected chi connectivity index (χ3v) is 4.12. The summed E-state index contributed by atoms with van der Waals surface area (Å²) in [6, 6.07) is 5.06. The highest BCUT2D eigenvalue weighted by molar-refractivity contribution is 7.99. The number of tetrazole rings is 1. The molecule has 1 aliphatic rings. The summed E-state index contributed by atoms with van der Waals surface area (Å²) in [4.78, 5) is 0.509. The number of halogens is 1. The molecule has 19 heavy (non-hydrogen) atoms. The molecule has 1 aromatic heterocycles. The van der Waals surface area contributed by atoms with E-state index in [1.54, 1.807) is 10.7 Å². The summed E-state index contributed by atoms with van der Waals surface area (Å²) >= 11 is 1.24. The van der Waals surface area contributed by atoms with Gasteiger partial charge >= 0.3 is 0 Å². The van der Waals surface area contributed by atoms with Gasteiger partial charge in [0.25, 0.3) is 0 Å². The lowest BCUT2D eigenvalue weighted by atomic mass is 10.1. The van der Waals surface area contributed by atoms with Crippen molar-refractivity contribution in [3.05, 3.63) is 29.6 Å². The zero-order chi connectivity index (χ0) is 13.4. The molecule has 1 fully saturated rings. The van der Waals surface area contributed by atoms with E-state index in [9.17, 15) is 4.39 Å². The monoisotopic (exact) mass is 279 g/mol. The summed E-state index contributed by atoms with van der Waals surface area (Å²) in [5, 5.41) is 12.2. The van der Waals surface area contributed by atoms with Crippen LogP contribution in [0.5, 0.6) is 0 Å². The Balaban J connectivity index is 1.96. The molecule has 3 rings (SSSR count). The summed E-state index contributed by atoms with van der Waals surface area (Å²) in [5.41, 5.74) is 6.66. The van der Waals surface area contributed by atoms with Crippen molar-refractivity contribution in [2.75, 3.05) is 0 Å². The van der Waals surface area contributed by atoms with Crippen LogP contribution >= 0.6 is 11.8 Å². The van der Waals surface area contributed by atoms with Gasteiger partial charge in [-0.15, -0.1) is 5.10 Å². The normalized spacial score (nSPS) is 16.6. The lowest BCUT2D eigenvalue weighted by Crippen LogP contribution is -2.08. The van der Waals surface area contributed by atoms with Crippen LogP contribution < -0.4 is 5.73 Å². The maximum atomic E-state index is 14.0. The average Bonchev–Trinajstić information content (AvgIpc) is 3.12. The van der Waals surface area contributed by atoms with Crippen molar-refractivity contribution in [3.8, 4) is 0 Å². The van der Waals surface area contributed by atoms with Crippen LogP contribution in [0.25, 0.3) is 0 Å². The molecule has 7 heteroatoms. The van der Waals surface area contributed by atoms with Gasteiger partial charge in [-0.2, -0.15) is 0 Å². The Bertz CT molecular complexity index is 594. The van der Waals surface area contributed by atoms with Crippen molar-refractivity contribution in [2.45, 2.75) is 41.9 Å². The van der Waals surface area contributed by atoms with Crippen molar-refractivity contribution in [1.82, 2.24) is 20.2 Å². The van der Waals surface area contributed by atoms with Gasteiger partial charge in [0, 0.05) is 6.04 Å². The minimum absolute atomic E-state index is 0.233. The summed E-state index contributed by atoms with van der Waals surface area (Å²) < 4.78 is 15.8. The van der Waals surface area contributed by atoms with E-state index in [-0.39, 0.29) is 11.9 Å². The second kappa shape index (κ2) is 4.90. The minimum atomic E-state index is -0.287. The molecule has 0 bridgehead atoms. The third kappa shape index (κ3) is 2.48. The number of aromatic nitrogens is 4. The quantitative estimate of drug-likeness (QED) is 0.930. The predicted molar refractivity (Wildman–Crippen MR) is 69.2 cm³/mol. The van der Waals surface area contributed by atoms with E-state index in [1.165, 1.54) is 17.8 Å². The SMILES string of the molecule is C[C@H](N)c1cccc(F)c1Sc1nnnn1C1CC1. The fraction of sp³-hybridized carbons (Fsp3) is 0.417. The van der Waals surface area contributed by atoms with Gasteiger partial charge < -0.3 is 5.73 Å². The van der Waals surface area contributed by atoms with Crippen molar-refractivity contribution < 1.29 is 4.39 Å². The maximum Gasteiger partial charge on any atom is 0.214 e. The van der Waals surface area contributed by atoms with Crippen LogP contribution in [0, 0.1) is 5.82 Å². The fourth-order valence-corrected chi connectivity index (χ4v) is 2.96. The van der Waals surface area contributed by atoms with Crippen LogP contribution in [0.2, 0.25) is 0 Å². The smallest absolute Gasteiger partial charge is 0.214 e. The molecule has 5 nitrogen and oxygen atoms in total. The van der Waals surface area contributed by atoms with Gasteiger partial charge in [-0.25, -0.2) is 9.07 Å². The van der Waals surface area contributed by atoms with E-state index in [0.29, 0.717) is 16.1 Å². The predicted octanol–water partition coefficient (Wildman–Crippen LogP) is 2.32. The van der Waals surface area contributed by atoms with Crippen LogP contribution in [0.15, 0.2) is 28.3 Å². The topological polar surface area (TPSA) is 69.6 Å². The molecular weight excluding hydrogens is 265 g/mol. The highest BCUT2D eigenvalue weighted by atomic mass is 32.2. The minimum Gasteiger partial charge on any atom is -0.324 e. The van der Waals surface area contributed by atoms with Crippen LogP contribution in [-0.2, 0) is 0 Å². The Labute approximate surface area is 114 Å². The molecule has 2 N–H and O–H groups in total. The molecule has 0 saturated heterocycles. The highest BCUT2D eigenvalue weighted by Crippen LogP contribution is 2.39. The zero-order valence-corrected chi connectivity index (χ0v) is 11.3. The first kappa shape index (κ1) is 12.6. The lowest BCUT2D eigenvalue weighted by Gasteiger charge is -2.12. The number of hydrogen-bond donors (Lipinski definition) is 1. The van der Waals surface area contributed by atoms with Crippen molar-refractivity contribution in [2.24, 2.45) is 5.73 Å². The van der Waals surface area contributed by atoms with Crippen LogP contribution in [0.4, 0.5) is 4.39 Å². The molecule has 0 amide bonds. The van der Waals surface area contributed by atoms with Gasteiger partial charge in [0.1, 0.15) is 5.82 Å². The zero-order valence-electron chi connectivity index (χ0n) is 10.5. The number of rotatable bonds is 4. The van der Waals surface area contributed by atoms with E-state index in [2.05, 4.69) is 15.5 Å². The number of nitrogens with two attached hydrogens (primary N) is 1. The largest absolute Gasteiger partial charge is 0.324 e. The number of benzene rings is 1. The molecule has 0 unspecified atom stereocenters. The lowest BCUT2D eigenvalue weighted by molar-refractivity contribution is 0.562. The van der Waals surface area contributed by atoms with Gasteiger partial charge in [0.05, 0.1) is 10.9 Å². The molecule has 1 atom stereocenters. The summed E-state index contributed by atoms with van der Waals surface area (Å²) in [7, 11) is 0. The van der Waals surface area contributed by atoms with Gasteiger partial charge in [0.2, 0.25) is 5.16 Å². The molecule has 0 radical (unpaired) electrons. The van der Waals surface area contributed by atoms with E-state index in [4.69, 9.17) is 5.73 Å². The first-order chi connectivity index (χ1) is 9.16. The first-order valence-electron chi connectivity index (χ1n) is 6.16. The Kier molecular flexibility index (Phi) is 3.24. The third-order valence-electron chi connectivity index (χ3n) is 3.04. The molecule has 1 saturated carbocycles. The van der Waals surface area contributed by atoms with Gasteiger partial charge in [-0.05, 0) is 53.6 Å². The highest BCUT2D eigenvalue weighted by Gasteiger charge is 2.28. The van der Waals surface area contributed by atoms with Gasteiger partial charge in [-0.3, -0.25) is 0 Å². The molecule has 1 aliphatic carbocycles. The Morgan fingerprint density at radius 3 is 2.95 bits per heavy atom. The van der Waals surface area contributed by atoms with E-state index in [1.807, 2.05) is 13.0 Å². The molecular formula is C12H14FN5S. The van der Waals surface area contributed by atoms with Crippen LogP contribution in [0.1, 0.15) is 37.4 Å². The molecule has 0 aliphatic heterocycles. The number of nitrogens with zero attached hydrogens (tertiary/aromatic N) is 4. The summed E-state index contributed by atoms with van der Waals surface area (Å²) in [5.74, 6) is -0.287. The Morgan fingerprint density at radius 2 is 2.26 bits per heavy atom. The Hall–Kier alpha value is -1.47.